The van der Waals surface area contributed by atoms with Crippen LogP contribution in [0.4, 0.5) is 0 Å². The van der Waals surface area contributed by atoms with Gasteiger partial charge in [-0.15, -0.1) is 0 Å². The van der Waals surface area contributed by atoms with Crippen LogP contribution >= 0.6 is 0 Å². The first-order valence-electron chi connectivity index (χ1n) is 7.16. The minimum Gasteiger partial charge on any atom is -0.467 e. The largest absolute Gasteiger partial charge is 0.467 e. The molecule has 0 fully saturated rings. The number of nitrogens with zero attached hydrogens (tertiary/aromatic N) is 1. The molecule has 0 bridgehead atoms. The van der Waals surface area contributed by atoms with Crippen molar-refractivity contribution in [2.75, 3.05) is 13.6 Å². The fourth-order valence-corrected chi connectivity index (χ4v) is 2.20. The zero-order valence-corrected chi connectivity index (χ0v) is 12.6. The van der Waals surface area contributed by atoms with Gasteiger partial charge in [0.1, 0.15) is 5.76 Å². The van der Waals surface area contributed by atoms with E-state index < -0.39 is 0 Å². The second-order valence-corrected chi connectivity index (χ2v) is 4.92. The molecule has 0 aliphatic rings. The molecule has 0 saturated heterocycles. The minimum atomic E-state index is 0.363. The highest BCUT2D eigenvalue weighted by molar-refractivity contribution is 5.79. The Morgan fingerprint density at radius 3 is 2.37 bits per heavy atom. The van der Waals surface area contributed by atoms with Crippen molar-refractivity contribution in [2.24, 2.45) is 10.4 Å². The average molecular weight is 265 g/mol. The van der Waals surface area contributed by atoms with Crippen molar-refractivity contribution >= 4 is 5.96 Å². The maximum absolute atomic E-state index is 5.29. The Morgan fingerprint density at radius 2 is 1.89 bits per heavy atom. The summed E-state index contributed by atoms with van der Waals surface area (Å²) >= 11 is 0. The number of guanidine groups is 1. The molecule has 4 nitrogen and oxygen atoms in total. The minimum absolute atomic E-state index is 0.363. The molecule has 0 spiro atoms. The molecule has 1 aromatic rings. The molecular weight excluding hydrogens is 238 g/mol. The summed E-state index contributed by atoms with van der Waals surface area (Å²) < 4.78 is 5.29. The van der Waals surface area contributed by atoms with Crippen LogP contribution < -0.4 is 10.6 Å². The Hall–Kier alpha value is -1.45. The van der Waals surface area contributed by atoms with E-state index in [0.29, 0.717) is 12.0 Å². The topological polar surface area (TPSA) is 49.6 Å². The zero-order valence-electron chi connectivity index (χ0n) is 12.6. The number of hydrogen-bond donors (Lipinski definition) is 2. The summed E-state index contributed by atoms with van der Waals surface area (Å²) in [7, 11) is 1.79. The third-order valence-corrected chi connectivity index (χ3v) is 4.11. The first kappa shape index (κ1) is 15.6. The molecule has 0 amide bonds. The number of hydrogen-bond acceptors (Lipinski definition) is 2. The van der Waals surface area contributed by atoms with E-state index in [1.54, 1.807) is 13.3 Å². The molecule has 1 heterocycles. The standard InChI is InChI=1S/C15H27N3O/c1-5-15(6-2,7-3)12-18-14(16-4)17-11-13-9-8-10-19-13/h8-10H,5-7,11-12H2,1-4H3,(H2,16,17,18). The Bertz CT molecular complexity index is 358. The fourth-order valence-electron chi connectivity index (χ4n) is 2.20. The lowest BCUT2D eigenvalue weighted by molar-refractivity contribution is 0.250. The first-order chi connectivity index (χ1) is 9.19. The van der Waals surface area contributed by atoms with Crippen molar-refractivity contribution in [3.8, 4) is 0 Å². The van der Waals surface area contributed by atoms with Crippen LogP contribution in [-0.4, -0.2) is 19.6 Å². The number of furan rings is 1. The van der Waals surface area contributed by atoms with Crippen LogP contribution in [0, 0.1) is 5.41 Å². The SMILES string of the molecule is CCC(CC)(CC)CNC(=NC)NCc1ccco1. The van der Waals surface area contributed by atoms with Gasteiger partial charge in [-0.2, -0.15) is 0 Å². The molecule has 0 aliphatic carbocycles. The highest BCUT2D eigenvalue weighted by Gasteiger charge is 2.23. The Labute approximate surface area is 116 Å². The first-order valence-corrected chi connectivity index (χ1v) is 7.16. The molecule has 0 aromatic carbocycles. The Morgan fingerprint density at radius 1 is 1.21 bits per heavy atom. The van der Waals surface area contributed by atoms with E-state index in [1.807, 2.05) is 12.1 Å². The van der Waals surface area contributed by atoms with Gasteiger partial charge in [0.15, 0.2) is 5.96 Å². The molecule has 19 heavy (non-hydrogen) atoms. The second kappa shape index (κ2) is 7.87. The van der Waals surface area contributed by atoms with E-state index in [4.69, 9.17) is 4.42 Å². The molecular formula is C15H27N3O. The van der Waals surface area contributed by atoms with Crippen LogP contribution in [0.1, 0.15) is 45.8 Å². The monoisotopic (exact) mass is 265 g/mol. The van der Waals surface area contributed by atoms with Crippen molar-refractivity contribution in [2.45, 2.75) is 46.6 Å². The highest BCUT2D eigenvalue weighted by Crippen LogP contribution is 2.29. The summed E-state index contributed by atoms with van der Waals surface area (Å²) in [5, 5.41) is 6.68. The van der Waals surface area contributed by atoms with Gasteiger partial charge in [0.25, 0.3) is 0 Å². The normalized spacial score (nSPS) is 12.5. The van der Waals surface area contributed by atoms with Gasteiger partial charge in [0.05, 0.1) is 12.8 Å². The molecule has 2 N–H and O–H groups in total. The van der Waals surface area contributed by atoms with Crippen LogP contribution in [0.25, 0.3) is 0 Å². The zero-order chi connectivity index (χ0) is 14.1. The summed E-state index contributed by atoms with van der Waals surface area (Å²) in [4.78, 5) is 4.25. The highest BCUT2D eigenvalue weighted by atomic mass is 16.3. The van der Waals surface area contributed by atoms with Gasteiger partial charge in [-0.25, -0.2) is 0 Å². The lowest BCUT2D eigenvalue weighted by Crippen LogP contribution is -2.43. The molecule has 1 rings (SSSR count). The lowest BCUT2D eigenvalue weighted by Gasteiger charge is -2.31. The van der Waals surface area contributed by atoms with Crippen LogP contribution in [0.15, 0.2) is 27.8 Å². The van der Waals surface area contributed by atoms with Crippen LogP contribution in [0.2, 0.25) is 0 Å². The van der Waals surface area contributed by atoms with E-state index in [1.165, 1.54) is 19.3 Å². The predicted octanol–water partition coefficient (Wildman–Crippen LogP) is 3.16. The van der Waals surface area contributed by atoms with Crippen molar-refractivity contribution in [1.82, 2.24) is 10.6 Å². The maximum Gasteiger partial charge on any atom is 0.191 e. The summed E-state index contributed by atoms with van der Waals surface area (Å²) in [6.45, 7) is 8.38. The Kier molecular flexibility index (Phi) is 6.46. The third-order valence-electron chi connectivity index (χ3n) is 4.11. The van der Waals surface area contributed by atoms with Gasteiger partial charge in [-0.05, 0) is 36.8 Å². The van der Waals surface area contributed by atoms with Gasteiger partial charge in [0, 0.05) is 13.6 Å². The lowest BCUT2D eigenvalue weighted by atomic mass is 9.80. The molecule has 4 heteroatoms. The Balaban J connectivity index is 2.44. The number of rotatable bonds is 7. The van der Waals surface area contributed by atoms with Crippen LogP contribution in [0.3, 0.4) is 0 Å². The van der Waals surface area contributed by atoms with Crippen LogP contribution in [0.5, 0.6) is 0 Å². The predicted molar refractivity (Wildman–Crippen MR) is 80.2 cm³/mol. The quantitative estimate of drug-likeness (QED) is 0.588. The van der Waals surface area contributed by atoms with Crippen molar-refractivity contribution in [3.63, 3.8) is 0 Å². The van der Waals surface area contributed by atoms with E-state index >= 15 is 0 Å². The molecule has 0 saturated carbocycles. The molecule has 0 aliphatic heterocycles. The van der Waals surface area contributed by atoms with E-state index in [0.717, 1.165) is 18.3 Å². The molecule has 108 valence electrons. The van der Waals surface area contributed by atoms with Gasteiger partial charge >= 0.3 is 0 Å². The summed E-state index contributed by atoms with van der Waals surface area (Å²) in [6, 6.07) is 3.85. The van der Waals surface area contributed by atoms with Crippen molar-refractivity contribution in [3.05, 3.63) is 24.2 Å². The van der Waals surface area contributed by atoms with Gasteiger partial charge in [-0.1, -0.05) is 20.8 Å². The van der Waals surface area contributed by atoms with Crippen LogP contribution in [-0.2, 0) is 6.54 Å². The van der Waals surface area contributed by atoms with Gasteiger partial charge < -0.3 is 15.1 Å². The fraction of sp³-hybridized carbons (Fsp3) is 0.667. The number of nitrogens with one attached hydrogen (secondary N) is 2. The average Bonchev–Trinajstić information content (AvgIpc) is 2.97. The molecule has 0 radical (unpaired) electrons. The van der Waals surface area contributed by atoms with E-state index in [2.05, 4.69) is 36.4 Å². The van der Waals surface area contributed by atoms with E-state index in [9.17, 15) is 0 Å². The molecule has 0 unspecified atom stereocenters. The smallest absolute Gasteiger partial charge is 0.191 e. The summed E-state index contributed by atoms with van der Waals surface area (Å²) in [5.41, 5.74) is 0.363. The summed E-state index contributed by atoms with van der Waals surface area (Å²) in [5.74, 6) is 1.74. The van der Waals surface area contributed by atoms with Gasteiger partial charge in [-0.3, -0.25) is 4.99 Å². The number of aliphatic imine (C=N–C) groups is 1. The van der Waals surface area contributed by atoms with Crippen molar-refractivity contribution in [1.29, 1.82) is 0 Å². The van der Waals surface area contributed by atoms with Crippen molar-refractivity contribution < 1.29 is 4.42 Å². The van der Waals surface area contributed by atoms with E-state index in [-0.39, 0.29) is 0 Å². The van der Waals surface area contributed by atoms with Gasteiger partial charge in [0.2, 0.25) is 0 Å². The molecule has 0 atom stereocenters. The third kappa shape index (κ3) is 4.62. The second-order valence-electron chi connectivity index (χ2n) is 4.92. The summed E-state index contributed by atoms with van der Waals surface area (Å²) in [6.07, 6.45) is 5.23. The molecule has 1 aromatic heterocycles. The maximum atomic E-state index is 5.29.